The van der Waals surface area contributed by atoms with Gasteiger partial charge in [-0.05, 0) is 30.9 Å². The lowest BCUT2D eigenvalue weighted by Crippen LogP contribution is -2.03. The molecule has 19 heavy (non-hydrogen) atoms. The number of hydrogen-bond acceptors (Lipinski definition) is 4. The molecule has 0 heterocycles. The molecule has 0 unspecified atom stereocenters. The molecule has 0 spiro atoms. The molecule has 0 bridgehead atoms. The average molecular weight is 268 g/mol. The zero-order valence-corrected chi connectivity index (χ0v) is 10.3. The van der Waals surface area contributed by atoms with Gasteiger partial charge in [-0.25, -0.2) is 4.79 Å². The molecule has 0 aliphatic carbocycles. The maximum absolute atomic E-state index is 11.0. The molecule has 0 amide bonds. The van der Waals surface area contributed by atoms with Crippen molar-refractivity contribution < 1.29 is 30.0 Å². The summed E-state index contributed by atoms with van der Waals surface area (Å²) in [6.45, 7) is 0. The molecule has 0 aromatic heterocycles. The van der Waals surface area contributed by atoms with E-state index in [4.69, 9.17) is 10.2 Å². The van der Waals surface area contributed by atoms with E-state index in [2.05, 4.69) is 0 Å². The second kappa shape index (κ2) is 6.63. The number of hydrogen-bond donors (Lipinski definition) is 4. The lowest BCUT2D eigenvalue weighted by molar-refractivity contribution is -0.137. The first-order valence-electron chi connectivity index (χ1n) is 5.91. The van der Waals surface area contributed by atoms with Crippen molar-refractivity contribution in [3.05, 3.63) is 23.3 Å². The van der Waals surface area contributed by atoms with Crippen molar-refractivity contribution in [2.75, 3.05) is 0 Å². The standard InChI is InChI=1S/C13H16O6/c14-9-6-8(4-2-1-3-5-11(16)17)12(13(18)19)10(15)7-9/h6-7,14-15H,1-5H2,(H,16,17)(H,18,19). The molecule has 0 fully saturated rings. The van der Waals surface area contributed by atoms with Gasteiger partial charge in [-0.1, -0.05) is 6.42 Å². The summed E-state index contributed by atoms with van der Waals surface area (Å²) in [4.78, 5) is 21.3. The first-order valence-corrected chi connectivity index (χ1v) is 5.91. The van der Waals surface area contributed by atoms with Crippen LogP contribution in [0.15, 0.2) is 12.1 Å². The number of carboxylic acid groups (broad SMARTS) is 2. The quantitative estimate of drug-likeness (QED) is 0.562. The minimum Gasteiger partial charge on any atom is -0.508 e. The van der Waals surface area contributed by atoms with Crippen molar-refractivity contribution in [3.8, 4) is 11.5 Å². The zero-order valence-electron chi connectivity index (χ0n) is 10.3. The Morgan fingerprint density at radius 1 is 1.00 bits per heavy atom. The van der Waals surface area contributed by atoms with Crippen LogP contribution in [0.1, 0.15) is 41.6 Å². The number of unbranched alkanes of at least 4 members (excludes halogenated alkanes) is 2. The highest BCUT2D eigenvalue weighted by Crippen LogP contribution is 2.28. The lowest BCUT2D eigenvalue weighted by atomic mass is 9.99. The molecular formula is C13H16O6. The zero-order chi connectivity index (χ0) is 14.4. The predicted octanol–water partition coefficient (Wildman–Crippen LogP) is 1.98. The molecule has 1 aromatic rings. The lowest BCUT2D eigenvalue weighted by Gasteiger charge is -2.08. The first-order chi connectivity index (χ1) is 8.91. The van der Waals surface area contributed by atoms with Gasteiger partial charge in [-0.15, -0.1) is 0 Å². The second-order valence-electron chi connectivity index (χ2n) is 4.26. The molecule has 0 atom stereocenters. The molecule has 0 aliphatic heterocycles. The van der Waals surface area contributed by atoms with Crippen LogP contribution in [0, 0.1) is 0 Å². The Labute approximate surface area is 109 Å². The van der Waals surface area contributed by atoms with Crippen molar-refractivity contribution in [2.24, 2.45) is 0 Å². The van der Waals surface area contributed by atoms with Gasteiger partial charge in [0, 0.05) is 12.5 Å². The Bertz CT molecular complexity index is 480. The minimum absolute atomic E-state index is 0.0804. The number of aryl methyl sites for hydroxylation is 1. The van der Waals surface area contributed by atoms with Crippen LogP contribution in [0.3, 0.4) is 0 Å². The van der Waals surface area contributed by atoms with E-state index < -0.39 is 17.7 Å². The largest absolute Gasteiger partial charge is 0.508 e. The molecule has 0 radical (unpaired) electrons. The maximum Gasteiger partial charge on any atom is 0.339 e. The van der Waals surface area contributed by atoms with Crippen molar-refractivity contribution in [2.45, 2.75) is 32.1 Å². The van der Waals surface area contributed by atoms with Gasteiger partial charge in [0.05, 0.1) is 0 Å². The van der Waals surface area contributed by atoms with Gasteiger partial charge in [0.25, 0.3) is 0 Å². The van der Waals surface area contributed by atoms with E-state index in [-0.39, 0.29) is 17.7 Å². The fraction of sp³-hybridized carbons (Fsp3) is 0.385. The summed E-state index contributed by atoms with van der Waals surface area (Å²) in [6, 6.07) is 2.29. The van der Waals surface area contributed by atoms with Crippen LogP contribution in [-0.2, 0) is 11.2 Å². The van der Waals surface area contributed by atoms with Gasteiger partial charge in [0.2, 0.25) is 0 Å². The topological polar surface area (TPSA) is 115 Å². The van der Waals surface area contributed by atoms with Crippen LogP contribution >= 0.6 is 0 Å². The average Bonchev–Trinajstić information content (AvgIpc) is 2.26. The second-order valence-corrected chi connectivity index (χ2v) is 4.26. The number of carbonyl (C=O) groups is 2. The van der Waals surface area contributed by atoms with Crippen LogP contribution in [0.2, 0.25) is 0 Å². The first kappa shape index (κ1) is 14.8. The summed E-state index contributed by atoms with van der Waals surface area (Å²) in [7, 11) is 0. The van der Waals surface area contributed by atoms with E-state index >= 15 is 0 Å². The SMILES string of the molecule is O=C(O)CCCCCc1cc(O)cc(O)c1C(=O)O. The van der Waals surface area contributed by atoms with E-state index in [0.29, 0.717) is 31.2 Å². The third-order valence-electron chi connectivity index (χ3n) is 2.73. The van der Waals surface area contributed by atoms with Crippen molar-refractivity contribution in [1.82, 2.24) is 0 Å². The fourth-order valence-corrected chi connectivity index (χ4v) is 1.88. The van der Waals surface area contributed by atoms with Gasteiger partial charge in [-0.3, -0.25) is 4.79 Å². The third kappa shape index (κ3) is 4.50. The highest BCUT2D eigenvalue weighted by atomic mass is 16.4. The smallest absolute Gasteiger partial charge is 0.339 e. The number of benzene rings is 1. The summed E-state index contributed by atoms with van der Waals surface area (Å²) in [6.07, 6.45) is 2.20. The van der Waals surface area contributed by atoms with Crippen molar-refractivity contribution in [1.29, 1.82) is 0 Å². The summed E-state index contributed by atoms with van der Waals surface area (Å²) < 4.78 is 0. The van der Waals surface area contributed by atoms with Gasteiger partial charge in [-0.2, -0.15) is 0 Å². The number of carboxylic acids is 2. The van der Waals surface area contributed by atoms with Gasteiger partial charge in [0.15, 0.2) is 0 Å². The van der Waals surface area contributed by atoms with E-state index in [1.165, 1.54) is 6.07 Å². The molecule has 104 valence electrons. The number of aromatic carboxylic acids is 1. The minimum atomic E-state index is -1.25. The molecule has 6 heteroatoms. The van der Waals surface area contributed by atoms with Crippen LogP contribution in [0.5, 0.6) is 11.5 Å². The number of phenols is 2. The normalized spacial score (nSPS) is 10.3. The van der Waals surface area contributed by atoms with E-state index in [0.717, 1.165) is 6.07 Å². The maximum atomic E-state index is 11.0. The van der Waals surface area contributed by atoms with E-state index in [1.54, 1.807) is 0 Å². The number of aliphatic carboxylic acids is 1. The van der Waals surface area contributed by atoms with Crippen LogP contribution in [-0.4, -0.2) is 32.4 Å². The van der Waals surface area contributed by atoms with Gasteiger partial charge in [0.1, 0.15) is 17.1 Å². The molecule has 1 aromatic carbocycles. The van der Waals surface area contributed by atoms with Crippen molar-refractivity contribution >= 4 is 11.9 Å². The summed E-state index contributed by atoms with van der Waals surface area (Å²) in [5.74, 6) is -2.77. The molecule has 4 N–H and O–H groups in total. The Balaban J connectivity index is 2.67. The molecule has 1 rings (SSSR count). The summed E-state index contributed by atoms with van der Waals surface area (Å²) >= 11 is 0. The molecule has 0 saturated carbocycles. The molecule has 0 saturated heterocycles. The number of aromatic hydroxyl groups is 2. The number of phenolic OH excluding ortho intramolecular Hbond substituents is 1. The highest BCUT2D eigenvalue weighted by molar-refractivity contribution is 5.92. The summed E-state index contributed by atoms with van der Waals surface area (Å²) in [5.41, 5.74) is 0.136. The highest BCUT2D eigenvalue weighted by Gasteiger charge is 2.16. The monoisotopic (exact) mass is 268 g/mol. The van der Waals surface area contributed by atoms with E-state index in [1.807, 2.05) is 0 Å². The predicted molar refractivity (Wildman–Crippen MR) is 66.5 cm³/mol. The van der Waals surface area contributed by atoms with Crippen molar-refractivity contribution in [3.63, 3.8) is 0 Å². The Morgan fingerprint density at radius 2 is 1.68 bits per heavy atom. The Morgan fingerprint density at radius 3 is 2.26 bits per heavy atom. The Hall–Kier alpha value is -2.24. The van der Waals surface area contributed by atoms with Crippen LogP contribution < -0.4 is 0 Å². The van der Waals surface area contributed by atoms with Gasteiger partial charge < -0.3 is 20.4 Å². The van der Waals surface area contributed by atoms with Gasteiger partial charge >= 0.3 is 11.9 Å². The molecule has 6 nitrogen and oxygen atoms in total. The number of rotatable bonds is 7. The third-order valence-corrected chi connectivity index (χ3v) is 2.73. The van der Waals surface area contributed by atoms with Crippen LogP contribution in [0.4, 0.5) is 0 Å². The Kier molecular flexibility index (Phi) is 5.17. The molecule has 0 aliphatic rings. The fourth-order valence-electron chi connectivity index (χ4n) is 1.88. The molecular weight excluding hydrogens is 252 g/mol. The van der Waals surface area contributed by atoms with E-state index in [9.17, 15) is 19.8 Å². The van der Waals surface area contributed by atoms with Crippen LogP contribution in [0.25, 0.3) is 0 Å². The summed E-state index contributed by atoms with van der Waals surface area (Å²) in [5, 5.41) is 36.3.